The van der Waals surface area contributed by atoms with E-state index in [1.165, 1.54) is 125 Å². The van der Waals surface area contributed by atoms with Crippen LogP contribution in [0.1, 0.15) is 155 Å². The number of ether oxygens (including phenoxy) is 11. The Bertz CT molecular complexity index is 4450. The third kappa shape index (κ3) is 26.4. The summed E-state index contributed by atoms with van der Waals surface area (Å²) in [6.45, 7) is 4.90. The number of carbonyl (C=O) groups excluding carboxylic acids is 5. The van der Waals surface area contributed by atoms with Gasteiger partial charge in [0.25, 0.3) is 0 Å². The van der Waals surface area contributed by atoms with Crippen molar-refractivity contribution in [1.29, 1.82) is 0 Å². The van der Waals surface area contributed by atoms with Crippen LogP contribution in [0.2, 0.25) is 20.1 Å². The number of rotatable bonds is 34. The van der Waals surface area contributed by atoms with E-state index in [2.05, 4.69) is 24.2 Å². The Hall–Kier alpha value is -8.37. The topological polar surface area (TPSA) is 359 Å². The zero-order chi connectivity index (χ0) is 78.1. The zero-order valence-electron chi connectivity index (χ0n) is 60.6. The molecule has 6 aromatic rings. The van der Waals surface area contributed by atoms with Gasteiger partial charge in [-0.25, -0.2) is 50.8 Å². The molecule has 5 N–H and O–H groups in total. The fourth-order valence-corrected chi connectivity index (χ4v) is 12.5. The van der Waals surface area contributed by atoms with Crippen LogP contribution in [0.15, 0.2) is 97.6 Å². The van der Waals surface area contributed by atoms with Crippen LogP contribution in [0.25, 0.3) is 0 Å². The first-order chi connectivity index (χ1) is 50.2. The molecule has 26 nitrogen and oxygen atoms in total. The van der Waals surface area contributed by atoms with E-state index in [0.717, 1.165) is 63.9 Å². The highest BCUT2D eigenvalue weighted by molar-refractivity contribution is 7.92. The molecule has 1 amide bonds. The molecule has 596 valence electrons. The summed E-state index contributed by atoms with van der Waals surface area (Å²) in [6, 6.07) is 16.0. The predicted octanol–water partition coefficient (Wildman–Crippen LogP) is 14.6. The molecule has 0 spiro atoms. The normalized spacial score (nSPS) is 14.9. The van der Waals surface area contributed by atoms with Crippen LogP contribution >= 0.6 is 46.4 Å². The van der Waals surface area contributed by atoms with E-state index >= 15 is 0 Å². The van der Waals surface area contributed by atoms with Crippen LogP contribution < -0.4 is 47.4 Å². The van der Waals surface area contributed by atoms with Gasteiger partial charge in [0.15, 0.2) is 47.8 Å². The van der Waals surface area contributed by atoms with E-state index < -0.39 is 92.3 Å². The fourth-order valence-electron chi connectivity index (χ4n) is 10.1. The van der Waals surface area contributed by atoms with E-state index in [9.17, 15) is 58.4 Å². The highest BCUT2D eigenvalue weighted by atomic mass is 35.5. The monoisotopic (exact) mass is 1650 g/mol. The van der Waals surface area contributed by atoms with Crippen LogP contribution in [0.4, 0.5) is 33.7 Å². The average Bonchev–Trinajstić information content (AvgIpc) is 1.04. The number of nitrogens with zero attached hydrogens (tertiary/aromatic N) is 1. The molecule has 0 radical (unpaired) electrons. The van der Waals surface area contributed by atoms with Gasteiger partial charge in [-0.2, -0.15) is 21.9 Å². The second-order valence-electron chi connectivity index (χ2n) is 28.2. The van der Waals surface area contributed by atoms with Gasteiger partial charge in [0.05, 0.1) is 55.8 Å². The second-order valence-corrected chi connectivity index (χ2v) is 33.4. The van der Waals surface area contributed by atoms with Crippen molar-refractivity contribution in [3.05, 3.63) is 151 Å². The largest absolute Gasteiger partial charge is 0.870 e. The minimum atomic E-state index is -4.25. The number of amides is 1. The van der Waals surface area contributed by atoms with Gasteiger partial charge in [0.2, 0.25) is 31.2 Å². The number of aromatic amines is 2. The number of anilines is 2. The highest BCUT2D eigenvalue weighted by Crippen LogP contribution is 2.43. The maximum atomic E-state index is 13.9. The van der Waals surface area contributed by atoms with Gasteiger partial charge in [0.1, 0.15) is 55.1 Å². The molecule has 0 unspecified atom stereocenters. The fraction of sp³-hybridized carbons (Fsp3) is 0.466. The van der Waals surface area contributed by atoms with Crippen molar-refractivity contribution in [3.63, 3.8) is 0 Å². The first kappa shape index (κ1) is 87.9. The van der Waals surface area contributed by atoms with E-state index in [1.807, 2.05) is 0 Å². The summed E-state index contributed by atoms with van der Waals surface area (Å²) in [5.74, 6) is -3.07. The van der Waals surface area contributed by atoms with E-state index in [4.69, 9.17) is 89.0 Å². The summed E-state index contributed by atoms with van der Waals surface area (Å²) in [6.07, 6.45) is 11.7. The molecular formula is C73H84Cl4F4N4O22S2. The third-order valence-corrected chi connectivity index (χ3v) is 19.5. The number of halogens is 8. The van der Waals surface area contributed by atoms with Crippen molar-refractivity contribution in [2.24, 2.45) is 23.7 Å². The molecule has 4 saturated carbocycles. The average molecular weight is 1650 g/mol. The number of H-pyrrole nitrogens is 2. The molecule has 4 aliphatic rings. The molecule has 4 fully saturated rings. The van der Waals surface area contributed by atoms with Crippen LogP contribution in [0, 0.1) is 23.7 Å². The lowest BCUT2D eigenvalue weighted by molar-refractivity contribution is -0.378. The van der Waals surface area contributed by atoms with Gasteiger partial charge in [-0.15, -0.1) is 0 Å². The Balaban J connectivity index is 0.000000300. The Morgan fingerprint density at radius 1 is 0.495 bits per heavy atom. The van der Waals surface area contributed by atoms with Crippen LogP contribution in [-0.4, -0.2) is 127 Å². The highest BCUT2D eigenvalue weighted by Gasteiger charge is 2.41. The van der Waals surface area contributed by atoms with Crippen molar-refractivity contribution in [2.75, 3.05) is 48.0 Å². The van der Waals surface area contributed by atoms with E-state index in [1.54, 1.807) is 20.8 Å². The van der Waals surface area contributed by atoms with Crippen molar-refractivity contribution in [3.8, 4) is 34.5 Å². The lowest BCUT2D eigenvalue weighted by Crippen LogP contribution is -2.41. The molecule has 2 atom stereocenters. The van der Waals surface area contributed by atoms with Gasteiger partial charge < -0.3 is 63.1 Å². The van der Waals surface area contributed by atoms with Crippen LogP contribution in [-0.2, 0) is 66.2 Å². The minimum absolute atomic E-state index is 0. The number of sulfonamides is 2. The molecule has 4 aromatic carbocycles. The SMILES string of the molecule is CC(C)(C)OC(=O)N(c1ccc(C(=O)OC(C)(C)C(=O)O[C@@H](Cc2c(Cl)c[nH+]cc2Cl)c2ccc(OC(F)F)c(OCC3CC3)c2)cc1OCC1CC1)S(C)(=O)=O.CC(C)(OC(=O)c1ccc(NS(C)(=O)=O)c(OCC2CC2)c1)C(=O)O[C@@H](Cc1c(Cl)c[nH+]cc1Cl)c1ccc(OC(F)F)c(OCC2CC2)c1.[OH-].[OH-]. The second kappa shape index (κ2) is 37.1. The Labute approximate surface area is 647 Å². The van der Waals surface area contributed by atoms with Crippen molar-refractivity contribution < 1.29 is 131 Å². The molecule has 36 heteroatoms. The summed E-state index contributed by atoms with van der Waals surface area (Å²) < 4.78 is 167. The molecule has 4 aliphatic carbocycles. The Morgan fingerprint density at radius 2 is 0.853 bits per heavy atom. The first-order valence-electron chi connectivity index (χ1n) is 33.9. The van der Waals surface area contributed by atoms with E-state index in [-0.39, 0.29) is 126 Å². The molecule has 0 saturated heterocycles. The smallest absolute Gasteiger partial charge is 0.429 e. The molecule has 10 rings (SSSR count). The van der Waals surface area contributed by atoms with Gasteiger partial charge in [0, 0.05) is 24.0 Å². The van der Waals surface area contributed by atoms with E-state index in [0.29, 0.717) is 51.6 Å². The summed E-state index contributed by atoms with van der Waals surface area (Å²) in [4.78, 5) is 73.4. The number of benzene rings is 4. The lowest BCUT2D eigenvalue weighted by atomic mass is 10.0. The van der Waals surface area contributed by atoms with Crippen LogP contribution in [0.5, 0.6) is 34.5 Å². The molecule has 2 heterocycles. The Kier molecular flexibility index (Phi) is 29.9. The van der Waals surface area contributed by atoms with Gasteiger partial charge in [-0.1, -0.05) is 58.5 Å². The zero-order valence-corrected chi connectivity index (χ0v) is 65.3. The predicted molar refractivity (Wildman–Crippen MR) is 388 cm³/mol. The first-order valence-corrected chi connectivity index (χ1v) is 39.2. The number of carbonyl (C=O) groups is 5. The minimum Gasteiger partial charge on any atom is -0.870 e. The molecular weight excluding hydrogens is 1570 g/mol. The number of alkyl halides is 4. The quantitative estimate of drug-likeness (QED) is 0.0223. The maximum Gasteiger partial charge on any atom is 0.429 e. The number of nitrogens with one attached hydrogen (secondary N) is 3. The Morgan fingerprint density at radius 3 is 1.20 bits per heavy atom. The third-order valence-electron chi connectivity index (χ3n) is 16.6. The summed E-state index contributed by atoms with van der Waals surface area (Å²) in [5, 5.41) is 0.948. The molecule has 2 aromatic heterocycles. The lowest BCUT2D eigenvalue weighted by Gasteiger charge is -2.28. The van der Waals surface area contributed by atoms with Gasteiger partial charge in [-0.3, -0.25) is 4.72 Å². The van der Waals surface area contributed by atoms with Crippen molar-refractivity contribution >= 4 is 108 Å². The molecule has 0 bridgehead atoms. The number of esters is 4. The van der Waals surface area contributed by atoms with Gasteiger partial charge in [-0.05, 0) is 195 Å². The maximum absolute atomic E-state index is 13.9. The summed E-state index contributed by atoms with van der Waals surface area (Å²) in [5.41, 5.74) is -3.53. The molecule has 109 heavy (non-hydrogen) atoms. The number of hydrogen-bond acceptors (Lipinski definition) is 22. The van der Waals surface area contributed by atoms with Gasteiger partial charge >= 0.3 is 43.2 Å². The van der Waals surface area contributed by atoms with Crippen molar-refractivity contribution in [1.82, 2.24) is 0 Å². The number of aromatic nitrogens is 2. The molecule has 0 aliphatic heterocycles. The van der Waals surface area contributed by atoms with Crippen molar-refractivity contribution in [2.45, 2.75) is 155 Å². The summed E-state index contributed by atoms with van der Waals surface area (Å²) >= 11 is 25.8. The summed E-state index contributed by atoms with van der Waals surface area (Å²) in [7, 11) is -7.90. The van der Waals surface area contributed by atoms with Crippen LogP contribution in [0.3, 0.4) is 0 Å². The standard InChI is InChI=1S/C39H44Cl2F2N2O11S.C34H36Cl2F2N2O9S.2H2O/c1-38(2,3)56-37(48)45(57(6,49)50)29-13-11-25(16-32(29)51-20-22-7-8-22)34(46)55-39(4,5)35(47)53-31(17-26-27(40)18-44-19-28(26)41)24-12-14-30(54-36(42)43)33(15-24)52-21-23-9-10-23;1-34(2,49-31(41)22-8-10-26(40-50(3,43)44)29(13-22)45-17-19-4-5-19)32(42)47-28(14-23-24(35)15-39-16-25(23)36)21-9-11-27(48-33(37)38)30(12-21)46-18-20-6-7-20;;/h11-16,18-19,22-23,31,36H,7-10,17,20-21H2,1-6H3;8-13,15-16,19-20,28,33,40H,4-7,14,17-18H2,1-3H3;2*1H2/t31-;28-;;/m00../s1. The number of hydrogen-bond donors (Lipinski definition) is 1. The number of pyridine rings is 2.